The normalized spacial score (nSPS) is 14.7. The van der Waals surface area contributed by atoms with E-state index in [0.717, 1.165) is 25.6 Å². The molecule has 1 aromatic heterocycles. The number of hydrogen-bond acceptors (Lipinski definition) is 2. The van der Waals surface area contributed by atoms with Crippen LogP contribution in [0.4, 0.5) is 0 Å². The van der Waals surface area contributed by atoms with Crippen LogP contribution in [0.2, 0.25) is 0 Å². The zero-order valence-electron chi connectivity index (χ0n) is 12.4. The number of aryl methyl sites for hydroxylation is 2. The topological polar surface area (TPSA) is 29.9 Å². The first-order chi connectivity index (χ1) is 9.78. The molecule has 0 aliphatic heterocycles. The largest absolute Gasteiger partial charge is 0.310 e. The molecule has 3 nitrogen and oxygen atoms in total. The second-order valence-corrected chi connectivity index (χ2v) is 5.74. The van der Waals surface area contributed by atoms with Crippen molar-refractivity contribution in [2.45, 2.75) is 52.2 Å². The lowest BCUT2D eigenvalue weighted by atomic mass is 10.0. The highest BCUT2D eigenvalue weighted by Gasteiger charge is 2.20. The van der Waals surface area contributed by atoms with Crippen LogP contribution in [-0.4, -0.2) is 15.8 Å². The molecule has 0 amide bonds. The van der Waals surface area contributed by atoms with Gasteiger partial charge in [0.05, 0.1) is 5.69 Å². The Bertz CT molecular complexity index is 582. The Hall–Kier alpha value is -1.61. The maximum atomic E-state index is 4.44. The summed E-state index contributed by atoms with van der Waals surface area (Å²) in [6.45, 7) is 6.32. The maximum Gasteiger partial charge on any atom is 0.0684 e. The average Bonchev–Trinajstić information content (AvgIpc) is 3.17. The summed E-state index contributed by atoms with van der Waals surface area (Å²) in [5.41, 5.74) is 5.23. The fourth-order valence-corrected chi connectivity index (χ4v) is 2.56. The van der Waals surface area contributed by atoms with Crippen molar-refractivity contribution in [3.63, 3.8) is 0 Å². The number of rotatable bonds is 6. The molecule has 0 saturated heterocycles. The third kappa shape index (κ3) is 2.93. The van der Waals surface area contributed by atoms with Crippen LogP contribution >= 0.6 is 0 Å². The standard InChI is InChI=1S/C17H23N3/c1-3-10-20-17(8-9-19-20)16-11-14(5-4-13(16)2)12-18-15-6-7-15/h4-5,8-9,11,15,18H,3,6-7,10,12H2,1-2H3. The van der Waals surface area contributed by atoms with Crippen molar-refractivity contribution >= 4 is 0 Å². The summed E-state index contributed by atoms with van der Waals surface area (Å²) in [4.78, 5) is 0. The number of benzene rings is 1. The van der Waals surface area contributed by atoms with Gasteiger partial charge in [0.2, 0.25) is 0 Å². The van der Waals surface area contributed by atoms with Gasteiger partial charge in [-0.3, -0.25) is 4.68 Å². The lowest BCUT2D eigenvalue weighted by Crippen LogP contribution is -2.15. The van der Waals surface area contributed by atoms with Gasteiger partial charge in [0.25, 0.3) is 0 Å². The van der Waals surface area contributed by atoms with Crippen molar-refractivity contribution < 1.29 is 0 Å². The van der Waals surface area contributed by atoms with Gasteiger partial charge in [-0.05, 0) is 49.4 Å². The predicted octanol–water partition coefficient (Wildman–Crippen LogP) is 3.52. The first-order valence-corrected chi connectivity index (χ1v) is 7.63. The lowest BCUT2D eigenvalue weighted by Gasteiger charge is -2.11. The highest BCUT2D eigenvalue weighted by Crippen LogP contribution is 2.25. The molecule has 0 radical (unpaired) electrons. The summed E-state index contributed by atoms with van der Waals surface area (Å²) >= 11 is 0. The minimum atomic E-state index is 0.755. The van der Waals surface area contributed by atoms with Gasteiger partial charge in [0.1, 0.15) is 0 Å². The van der Waals surface area contributed by atoms with Crippen LogP contribution < -0.4 is 5.32 Å². The molecule has 0 bridgehead atoms. The molecule has 0 unspecified atom stereocenters. The van der Waals surface area contributed by atoms with E-state index in [2.05, 4.69) is 53.2 Å². The SMILES string of the molecule is CCCn1nccc1-c1cc(CNC2CC2)ccc1C. The average molecular weight is 269 g/mol. The summed E-state index contributed by atoms with van der Waals surface area (Å²) in [5.74, 6) is 0. The maximum absolute atomic E-state index is 4.44. The van der Waals surface area contributed by atoms with E-state index in [1.54, 1.807) is 0 Å². The molecule has 2 aromatic rings. The van der Waals surface area contributed by atoms with E-state index in [-0.39, 0.29) is 0 Å². The second-order valence-electron chi connectivity index (χ2n) is 5.74. The predicted molar refractivity (Wildman–Crippen MR) is 82.6 cm³/mol. The summed E-state index contributed by atoms with van der Waals surface area (Å²) in [6, 6.07) is 9.65. The zero-order valence-corrected chi connectivity index (χ0v) is 12.4. The monoisotopic (exact) mass is 269 g/mol. The van der Waals surface area contributed by atoms with Crippen molar-refractivity contribution in [2.24, 2.45) is 0 Å². The van der Waals surface area contributed by atoms with Crippen LogP contribution in [0.3, 0.4) is 0 Å². The summed E-state index contributed by atoms with van der Waals surface area (Å²) in [6.07, 6.45) is 5.68. The first kappa shape index (κ1) is 13.4. The molecule has 1 aliphatic carbocycles. The molecule has 1 fully saturated rings. The van der Waals surface area contributed by atoms with E-state index in [1.807, 2.05) is 6.20 Å². The van der Waals surface area contributed by atoms with E-state index < -0.39 is 0 Å². The minimum Gasteiger partial charge on any atom is -0.310 e. The van der Waals surface area contributed by atoms with Crippen molar-refractivity contribution in [2.75, 3.05) is 0 Å². The Balaban J connectivity index is 1.86. The molecule has 0 spiro atoms. The van der Waals surface area contributed by atoms with Crippen LogP contribution in [0.15, 0.2) is 30.5 Å². The van der Waals surface area contributed by atoms with Gasteiger partial charge in [-0.1, -0.05) is 19.1 Å². The van der Waals surface area contributed by atoms with Crippen LogP contribution in [0.1, 0.15) is 37.3 Å². The molecule has 1 N–H and O–H groups in total. The molecular weight excluding hydrogens is 246 g/mol. The van der Waals surface area contributed by atoms with Crippen LogP contribution in [0.5, 0.6) is 0 Å². The molecule has 106 valence electrons. The van der Waals surface area contributed by atoms with Gasteiger partial charge in [-0.2, -0.15) is 5.10 Å². The van der Waals surface area contributed by atoms with Gasteiger partial charge in [0.15, 0.2) is 0 Å². The Morgan fingerprint density at radius 1 is 1.30 bits per heavy atom. The van der Waals surface area contributed by atoms with E-state index in [1.165, 1.54) is 35.2 Å². The zero-order chi connectivity index (χ0) is 13.9. The number of aromatic nitrogens is 2. The first-order valence-electron chi connectivity index (χ1n) is 7.63. The Kier molecular flexibility index (Phi) is 3.88. The summed E-state index contributed by atoms with van der Waals surface area (Å²) < 4.78 is 2.11. The second kappa shape index (κ2) is 5.80. The summed E-state index contributed by atoms with van der Waals surface area (Å²) in [7, 11) is 0. The third-order valence-corrected chi connectivity index (χ3v) is 3.90. The number of nitrogens with one attached hydrogen (secondary N) is 1. The smallest absolute Gasteiger partial charge is 0.0684 e. The van der Waals surface area contributed by atoms with Gasteiger partial charge >= 0.3 is 0 Å². The Labute approximate surface area is 121 Å². The van der Waals surface area contributed by atoms with Crippen molar-refractivity contribution in [1.82, 2.24) is 15.1 Å². The van der Waals surface area contributed by atoms with E-state index in [0.29, 0.717) is 0 Å². The van der Waals surface area contributed by atoms with Crippen LogP contribution in [-0.2, 0) is 13.1 Å². The molecule has 3 rings (SSSR count). The molecule has 1 saturated carbocycles. The van der Waals surface area contributed by atoms with Crippen LogP contribution in [0.25, 0.3) is 11.3 Å². The highest BCUT2D eigenvalue weighted by molar-refractivity contribution is 5.64. The van der Waals surface area contributed by atoms with E-state index >= 15 is 0 Å². The molecule has 20 heavy (non-hydrogen) atoms. The third-order valence-electron chi connectivity index (χ3n) is 3.90. The Morgan fingerprint density at radius 2 is 2.15 bits per heavy atom. The molecule has 1 heterocycles. The quantitative estimate of drug-likeness (QED) is 0.869. The fraction of sp³-hybridized carbons (Fsp3) is 0.471. The highest BCUT2D eigenvalue weighted by atomic mass is 15.3. The molecule has 1 aliphatic rings. The van der Waals surface area contributed by atoms with Crippen molar-refractivity contribution in [3.8, 4) is 11.3 Å². The Morgan fingerprint density at radius 3 is 2.90 bits per heavy atom. The van der Waals surface area contributed by atoms with Gasteiger partial charge in [-0.15, -0.1) is 0 Å². The molecular formula is C17H23N3. The number of hydrogen-bond donors (Lipinski definition) is 1. The number of nitrogens with zero attached hydrogens (tertiary/aromatic N) is 2. The molecule has 0 atom stereocenters. The molecule has 3 heteroatoms. The fourth-order valence-electron chi connectivity index (χ4n) is 2.56. The van der Waals surface area contributed by atoms with Gasteiger partial charge < -0.3 is 5.32 Å². The van der Waals surface area contributed by atoms with Crippen molar-refractivity contribution in [3.05, 3.63) is 41.6 Å². The summed E-state index contributed by atoms with van der Waals surface area (Å²) in [5, 5.41) is 8.02. The van der Waals surface area contributed by atoms with Gasteiger partial charge in [0, 0.05) is 30.9 Å². The minimum absolute atomic E-state index is 0.755. The molecule has 1 aromatic carbocycles. The van der Waals surface area contributed by atoms with Gasteiger partial charge in [-0.25, -0.2) is 0 Å². The lowest BCUT2D eigenvalue weighted by molar-refractivity contribution is 0.608. The van der Waals surface area contributed by atoms with Crippen LogP contribution in [0, 0.1) is 6.92 Å². The van der Waals surface area contributed by atoms with E-state index in [9.17, 15) is 0 Å². The van der Waals surface area contributed by atoms with Crippen molar-refractivity contribution in [1.29, 1.82) is 0 Å². The van der Waals surface area contributed by atoms with E-state index in [4.69, 9.17) is 0 Å².